The summed E-state index contributed by atoms with van der Waals surface area (Å²) in [6, 6.07) is 0. The highest BCUT2D eigenvalue weighted by atomic mass is 16.5. The summed E-state index contributed by atoms with van der Waals surface area (Å²) in [6.07, 6.45) is 2.32. The average molecular weight is 235 g/mol. The van der Waals surface area contributed by atoms with Crippen LogP contribution in [-0.4, -0.2) is 30.4 Å². The number of Topliss-reactive ketones (excluding diaryl/α,β-unsaturated/α-hetero) is 1. The SMILES string of the molecule is CC(=O)NC[C@H]1C[C@@H]2O[C@@H]3C(=O)[C@H]4C[C@@H]3[C@@H]2[C@H]14. The van der Waals surface area contributed by atoms with Crippen LogP contribution in [0.25, 0.3) is 0 Å². The average Bonchev–Trinajstić information content (AvgIpc) is 2.92. The van der Waals surface area contributed by atoms with Crippen LogP contribution in [0.15, 0.2) is 0 Å². The summed E-state index contributed by atoms with van der Waals surface area (Å²) in [5, 5.41) is 2.91. The van der Waals surface area contributed by atoms with Crippen LogP contribution >= 0.6 is 0 Å². The molecule has 1 heterocycles. The van der Waals surface area contributed by atoms with Gasteiger partial charge in [-0.1, -0.05) is 0 Å². The molecule has 0 aromatic carbocycles. The second-order valence-corrected chi connectivity index (χ2v) is 6.09. The van der Waals surface area contributed by atoms with Gasteiger partial charge in [-0.05, 0) is 36.5 Å². The summed E-state index contributed by atoms with van der Waals surface area (Å²) in [4.78, 5) is 23.1. The Morgan fingerprint density at radius 2 is 2.24 bits per heavy atom. The molecule has 4 rings (SSSR count). The van der Waals surface area contributed by atoms with Crippen LogP contribution in [-0.2, 0) is 14.3 Å². The smallest absolute Gasteiger partial charge is 0.216 e. The highest BCUT2D eigenvalue weighted by Crippen LogP contribution is 2.64. The van der Waals surface area contributed by atoms with E-state index >= 15 is 0 Å². The minimum absolute atomic E-state index is 0.0235. The van der Waals surface area contributed by atoms with Gasteiger partial charge in [0.1, 0.15) is 6.10 Å². The van der Waals surface area contributed by atoms with Gasteiger partial charge >= 0.3 is 0 Å². The number of fused-ring (bicyclic) bond motifs is 2. The molecule has 0 radical (unpaired) electrons. The third kappa shape index (κ3) is 1.12. The molecular formula is C13H17NO3. The van der Waals surface area contributed by atoms with Crippen molar-refractivity contribution in [3.05, 3.63) is 0 Å². The third-order valence-electron chi connectivity index (χ3n) is 5.41. The van der Waals surface area contributed by atoms with E-state index in [1.807, 2.05) is 0 Å². The van der Waals surface area contributed by atoms with Crippen molar-refractivity contribution in [3.63, 3.8) is 0 Å². The van der Waals surface area contributed by atoms with E-state index in [4.69, 9.17) is 4.74 Å². The van der Waals surface area contributed by atoms with Gasteiger partial charge in [-0.25, -0.2) is 0 Å². The van der Waals surface area contributed by atoms with E-state index in [0.717, 1.165) is 19.4 Å². The van der Waals surface area contributed by atoms with Gasteiger partial charge in [0.2, 0.25) is 5.91 Å². The van der Waals surface area contributed by atoms with E-state index in [1.165, 1.54) is 0 Å². The lowest BCUT2D eigenvalue weighted by Crippen LogP contribution is -2.38. The van der Waals surface area contributed by atoms with Gasteiger partial charge in [-0.2, -0.15) is 0 Å². The van der Waals surface area contributed by atoms with Crippen LogP contribution in [0, 0.1) is 29.6 Å². The Morgan fingerprint density at radius 1 is 1.41 bits per heavy atom. The Bertz CT molecular complexity index is 407. The van der Waals surface area contributed by atoms with E-state index in [9.17, 15) is 9.59 Å². The highest BCUT2D eigenvalue weighted by Gasteiger charge is 2.69. The van der Waals surface area contributed by atoms with Crippen molar-refractivity contribution in [1.82, 2.24) is 5.32 Å². The Morgan fingerprint density at radius 3 is 3.00 bits per heavy atom. The van der Waals surface area contributed by atoms with Gasteiger partial charge in [0.05, 0.1) is 6.10 Å². The zero-order valence-corrected chi connectivity index (χ0v) is 9.89. The van der Waals surface area contributed by atoms with Gasteiger partial charge < -0.3 is 10.1 Å². The maximum atomic E-state index is 12.1. The summed E-state index contributed by atoms with van der Waals surface area (Å²) >= 11 is 0. The topological polar surface area (TPSA) is 55.4 Å². The van der Waals surface area contributed by atoms with E-state index in [1.54, 1.807) is 6.92 Å². The molecule has 7 atom stereocenters. The number of nitrogens with one attached hydrogen (secondary N) is 1. The number of carbonyl (C=O) groups is 2. The monoisotopic (exact) mass is 235 g/mol. The molecule has 1 aliphatic heterocycles. The number of amides is 1. The standard InChI is InChI=1S/C13H17NO3/c1-5(15)14-4-6-2-9-11-8-3-7(10(6)11)12(16)13(8)17-9/h6-11,13H,2-4H2,1H3,(H,14,15)/t6-,7+,8-,9+,10-,11+,13+/m1/s1. The van der Waals surface area contributed by atoms with E-state index in [0.29, 0.717) is 35.6 Å². The first-order chi connectivity index (χ1) is 8.16. The Hall–Kier alpha value is -0.900. The van der Waals surface area contributed by atoms with Crippen LogP contribution in [0.2, 0.25) is 0 Å². The molecule has 0 aromatic rings. The molecule has 3 aliphatic carbocycles. The van der Waals surface area contributed by atoms with Crippen LogP contribution < -0.4 is 5.32 Å². The Kier molecular flexibility index (Phi) is 1.84. The van der Waals surface area contributed by atoms with Crippen molar-refractivity contribution in [1.29, 1.82) is 0 Å². The lowest BCUT2D eigenvalue weighted by molar-refractivity contribution is -0.133. The summed E-state index contributed by atoms with van der Waals surface area (Å²) in [6.45, 7) is 2.27. The van der Waals surface area contributed by atoms with Gasteiger partial charge in [0.15, 0.2) is 5.78 Å². The molecule has 4 fully saturated rings. The molecule has 4 aliphatic rings. The predicted octanol–water partition coefficient (Wildman–Crippen LogP) is 0.361. The summed E-state index contributed by atoms with van der Waals surface area (Å²) < 4.78 is 5.92. The van der Waals surface area contributed by atoms with Crippen molar-refractivity contribution in [3.8, 4) is 0 Å². The first-order valence-corrected chi connectivity index (χ1v) is 6.60. The maximum Gasteiger partial charge on any atom is 0.216 e. The number of ether oxygens (including phenoxy) is 1. The van der Waals surface area contributed by atoms with Crippen molar-refractivity contribution < 1.29 is 14.3 Å². The molecule has 4 heteroatoms. The Balaban J connectivity index is 1.59. The normalized spacial score (nSPS) is 53.5. The van der Waals surface area contributed by atoms with Gasteiger partial charge in [-0.15, -0.1) is 0 Å². The van der Waals surface area contributed by atoms with Crippen LogP contribution in [0.5, 0.6) is 0 Å². The predicted molar refractivity (Wildman–Crippen MR) is 59.0 cm³/mol. The second kappa shape index (κ2) is 3.10. The molecule has 4 nitrogen and oxygen atoms in total. The first kappa shape index (κ1) is 10.1. The number of hydrogen-bond donors (Lipinski definition) is 1. The summed E-state index contributed by atoms with van der Waals surface area (Å²) in [5.74, 6) is 2.67. The van der Waals surface area contributed by atoms with Gasteiger partial charge in [0.25, 0.3) is 0 Å². The second-order valence-electron chi connectivity index (χ2n) is 6.09. The zero-order valence-electron chi connectivity index (χ0n) is 9.89. The van der Waals surface area contributed by atoms with E-state index in [2.05, 4.69) is 5.32 Å². The minimum atomic E-state index is -0.0621. The molecule has 0 aromatic heterocycles. The third-order valence-corrected chi connectivity index (χ3v) is 5.41. The molecule has 1 saturated heterocycles. The first-order valence-electron chi connectivity index (χ1n) is 6.60. The molecular weight excluding hydrogens is 218 g/mol. The maximum absolute atomic E-state index is 12.1. The lowest BCUT2D eigenvalue weighted by atomic mass is 9.77. The molecule has 1 amide bonds. The fraction of sp³-hybridized carbons (Fsp3) is 0.846. The fourth-order valence-corrected chi connectivity index (χ4v) is 4.99. The Labute approximate surface area is 100 Å². The van der Waals surface area contributed by atoms with Gasteiger partial charge in [0, 0.05) is 19.4 Å². The van der Waals surface area contributed by atoms with Crippen molar-refractivity contribution in [2.45, 2.75) is 32.0 Å². The van der Waals surface area contributed by atoms with Crippen molar-refractivity contribution >= 4 is 11.7 Å². The van der Waals surface area contributed by atoms with Crippen LogP contribution in [0.4, 0.5) is 0 Å². The van der Waals surface area contributed by atoms with Crippen molar-refractivity contribution in [2.75, 3.05) is 6.54 Å². The quantitative estimate of drug-likeness (QED) is 0.752. The molecule has 2 bridgehead atoms. The highest BCUT2D eigenvalue weighted by molar-refractivity contribution is 5.90. The zero-order chi connectivity index (χ0) is 11.7. The molecule has 0 unspecified atom stereocenters. The largest absolute Gasteiger partial charge is 0.367 e. The number of ketones is 1. The lowest BCUT2D eigenvalue weighted by Gasteiger charge is -2.28. The molecule has 92 valence electrons. The molecule has 3 saturated carbocycles. The number of rotatable bonds is 2. The van der Waals surface area contributed by atoms with Gasteiger partial charge in [-0.3, -0.25) is 9.59 Å². The van der Waals surface area contributed by atoms with Crippen LogP contribution in [0.1, 0.15) is 19.8 Å². The van der Waals surface area contributed by atoms with Crippen LogP contribution in [0.3, 0.4) is 0 Å². The fourth-order valence-electron chi connectivity index (χ4n) is 4.99. The number of carbonyl (C=O) groups excluding carboxylic acids is 2. The minimum Gasteiger partial charge on any atom is -0.367 e. The summed E-state index contributed by atoms with van der Waals surface area (Å²) in [7, 11) is 0. The number of hydrogen-bond acceptors (Lipinski definition) is 3. The molecule has 1 N–H and O–H groups in total. The van der Waals surface area contributed by atoms with E-state index in [-0.39, 0.29) is 17.9 Å². The van der Waals surface area contributed by atoms with Crippen molar-refractivity contribution in [2.24, 2.45) is 29.6 Å². The molecule has 17 heavy (non-hydrogen) atoms. The summed E-state index contributed by atoms with van der Waals surface area (Å²) in [5.41, 5.74) is 0. The molecule has 0 spiro atoms. The van der Waals surface area contributed by atoms with E-state index < -0.39 is 0 Å².